The van der Waals surface area contributed by atoms with Crippen LogP contribution in [0, 0.1) is 6.92 Å². The minimum atomic E-state index is -0.997. The number of nitrogens with two attached hydrogens (primary N) is 1. The average molecular weight is 262 g/mol. The van der Waals surface area contributed by atoms with E-state index in [-0.39, 0.29) is 5.56 Å². The van der Waals surface area contributed by atoms with Gasteiger partial charge < -0.3 is 10.8 Å². The standard InChI is InChI=1S/C14H12ClNO2/c1-8-12(3-2-4-13(8)15)9-5-10(14(17)18)7-11(16)6-9/h2-7H,16H2,1H3,(H,17,18). The zero-order valence-corrected chi connectivity index (χ0v) is 10.5. The lowest BCUT2D eigenvalue weighted by atomic mass is 9.98. The van der Waals surface area contributed by atoms with E-state index in [2.05, 4.69) is 0 Å². The largest absolute Gasteiger partial charge is 0.478 e. The first-order chi connectivity index (χ1) is 8.49. The smallest absolute Gasteiger partial charge is 0.335 e. The van der Waals surface area contributed by atoms with Gasteiger partial charge in [-0.25, -0.2) is 4.79 Å². The van der Waals surface area contributed by atoms with Gasteiger partial charge >= 0.3 is 5.97 Å². The summed E-state index contributed by atoms with van der Waals surface area (Å²) in [5.41, 5.74) is 8.86. The Morgan fingerprint density at radius 3 is 2.67 bits per heavy atom. The highest BCUT2D eigenvalue weighted by atomic mass is 35.5. The quantitative estimate of drug-likeness (QED) is 0.812. The first-order valence-electron chi connectivity index (χ1n) is 5.38. The Balaban J connectivity index is 2.64. The summed E-state index contributed by atoms with van der Waals surface area (Å²) >= 11 is 6.06. The van der Waals surface area contributed by atoms with Crippen molar-refractivity contribution in [2.75, 3.05) is 5.73 Å². The number of carboxylic acid groups (broad SMARTS) is 1. The molecule has 0 bridgehead atoms. The zero-order valence-electron chi connectivity index (χ0n) is 9.77. The minimum absolute atomic E-state index is 0.171. The van der Waals surface area contributed by atoms with Gasteiger partial charge in [-0.3, -0.25) is 0 Å². The van der Waals surface area contributed by atoms with Crippen molar-refractivity contribution in [3.05, 3.63) is 52.5 Å². The minimum Gasteiger partial charge on any atom is -0.478 e. The molecule has 0 aliphatic heterocycles. The summed E-state index contributed by atoms with van der Waals surface area (Å²) in [5.74, 6) is -0.997. The van der Waals surface area contributed by atoms with Gasteiger partial charge in [0, 0.05) is 10.7 Å². The van der Waals surface area contributed by atoms with Crippen LogP contribution in [0.1, 0.15) is 15.9 Å². The number of aromatic carboxylic acids is 1. The zero-order chi connectivity index (χ0) is 13.3. The molecule has 2 aromatic carbocycles. The van der Waals surface area contributed by atoms with Crippen LogP contribution in [0.5, 0.6) is 0 Å². The lowest BCUT2D eigenvalue weighted by Gasteiger charge is -2.09. The molecule has 0 unspecified atom stereocenters. The van der Waals surface area contributed by atoms with Crippen LogP contribution in [-0.2, 0) is 0 Å². The number of anilines is 1. The van der Waals surface area contributed by atoms with E-state index in [1.54, 1.807) is 18.2 Å². The topological polar surface area (TPSA) is 63.3 Å². The predicted molar refractivity (Wildman–Crippen MR) is 73.0 cm³/mol. The van der Waals surface area contributed by atoms with Gasteiger partial charge in [-0.2, -0.15) is 0 Å². The van der Waals surface area contributed by atoms with Crippen LogP contribution in [0.15, 0.2) is 36.4 Å². The van der Waals surface area contributed by atoms with Crippen molar-refractivity contribution in [1.82, 2.24) is 0 Å². The Hall–Kier alpha value is -2.00. The van der Waals surface area contributed by atoms with Crippen LogP contribution in [0.3, 0.4) is 0 Å². The fraction of sp³-hybridized carbons (Fsp3) is 0.0714. The number of halogens is 1. The van der Waals surface area contributed by atoms with Crippen LogP contribution >= 0.6 is 11.6 Å². The van der Waals surface area contributed by atoms with E-state index in [1.807, 2.05) is 19.1 Å². The average Bonchev–Trinajstić information content (AvgIpc) is 2.31. The number of rotatable bonds is 2. The molecule has 0 amide bonds. The molecule has 0 fully saturated rings. The van der Waals surface area contributed by atoms with Crippen LogP contribution in [-0.4, -0.2) is 11.1 Å². The highest BCUT2D eigenvalue weighted by molar-refractivity contribution is 6.31. The van der Waals surface area contributed by atoms with Gasteiger partial charge in [0.1, 0.15) is 0 Å². The van der Waals surface area contributed by atoms with E-state index in [0.717, 1.165) is 16.7 Å². The molecule has 2 aromatic rings. The van der Waals surface area contributed by atoms with E-state index >= 15 is 0 Å². The summed E-state index contributed by atoms with van der Waals surface area (Å²) < 4.78 is 0. The highest BCUT2D eigenvalue weighted by Crippen LogP contribution is 2.30. The Morgan fingerprint density at radius 2 is 2.00 bits per heavy atom. The maximum absolute atomic E-state index is 11.0. The molecular formula is C14H12ClNO2. The number of carbonyl (C=O) groups is 1. The summed E-state index contributed by atoms with van der Waals surface area (Å²) in [4.78, 5) is 11.0. The molecule has 0 aliphatic rings. The Labute approximate surface area is 110 Å². The first kappa shape index (κ1) is 12.5. The van der Waals surface area contributed by atoms with E-state index < -0.39 is 5.97 Å². The lowest BCUT2D eigenvalue weighted by molar-refractivity contribution is 0.0697. The molecule has 0 aliphatic carbocycles. The van der Waals surface area contributed by atoms with Crippen molar-refractivity contribution >= 4 is 23.3 Å². The molecule has 3 nitrogen and oxygen atoms in total. The van der Waals surface area contributed by atoms with Gasteiger partial charge in [0.05, 0.1) is 5.56 Å². The molecule has 0 saturated carbocycles. The van der Waals surface area contributed by atoms with Crippen molar-refractivity contribution in [1.29, 1.82) is 0 Å². The summed E-state index contributed by atoms with van der Waals surface area (Å²) in [6.07, 6.45) is 0. The number of carboxylic acids is 1. The van der Waals surface area contributed by atoms with Gasteiger partial charge in [0.25, 0.3) is 0 Å². The van der Waals surface area contributed by atoms with Crippen molar-refractivity contribution in [3.8, 4) is 11.1 Å². The fourth-order valence-electron chi connectivity index (χ4n) is 1.85. The number of benzene rings is 2. The Kier molecular flexibility index (Phi) is 3.26. The Morgan fingerprint density at radius 1 is 1.28 bits per heavy atom. The molecule has 4 heteroatoms. The Bertz CT molecular complexity index is 623. The van der Waals surface area contributed by atoms with Gasteiger partial charge in [-0.15, -0.1) is 0 Å². The molecule has 0 atom stereocenters. The van der Waals surface area contributed by atoms with Crippen molar-refractivity contribution in [2.24, 2.45) is 0 Å². The van der Waals surface area contributed by atoms with Gasteiger partial charge in [-0.05, 0) is 47.9 Å². The second-order valence-electron chi connectivity index (χ2n) is 4.06. The summed E-state index contributed by atoms with van der Waals surface area (Å²) in [6, 6.07) is 10.3. The summed E-state index contributed by atoms with van der Waals surface area (Å²) in [6.45, 7) is 1.89. The second kappa shape index (κ2) is 4.70. The van der Waals surface area contributed by atoms with Crippen LogP contribution in [0.2, 0.25) is 5.02 Å². The first-order valence-corrected chi connectivity index (χ1v) is 5.76. The fourth-order valence-corrected chi connectivity index (χ4v) is 2.03. The molecule has 92 valence electrons. The second-order valence-corrected chi connectivity index (χ2v) is 4.47. The SMILES string of the molecule is Cc1c(Cl)cccc1-c1cc(N)cc(C(=O)O)c1. The van der Waals surface area contributed by atoms with Gasteiger partial charge in [0.15, 0.2) is 0 Å². The molecule has 0 heterocycles. The lowest BCUT2D eigenvalue weighted by Crippen LogP contribution is -1.99. The normalized spacial score (nSPS) is 10.3. The maximum atomic E-state index is 11.0. The molecule has 0 saturated heterocycles. The summed E-state index contributed by atoms with van der Waals surface area (Å²) in [5, 5.41) is 9.67. The molecule has 3 N–H and O–H groups in total. The third kappa shape index (κ3) is 2.31. The molecule has 0 radical (unpaired) electrons. The molecular weight excluding hydrogens is 250 g/mol. The monoisotopic (exact) mass is 261 g/mol. The molecule has 18 heavy (non-hydrogen) atoms. The van der Waals surface area contributed by atoms with E-state index in [0.29, 0.717) is 10.7 Å². The van der Waals surface area contributed by atoms with Crippen molar-refractivity contribution < 1.29 is 9.90 Å². The van der Waals surface area contributed by atoms with Crippen LogP contribution in [0.4, 0.5) is 5.69 Å². The van der Waals surface area contributed by atoms with Crippen LogP contribution < -0.4 is 5.73 Å². The predicted octanol–water partition coefficient (Wildman–Crippen LogP) is 3.60. The number of nitrogen functional groups attached to an aromatic ring is 1. The van der Waals surface area contributed by atoms with Crippen molar-refractivity contribution in [3.63, 3.8) is 0 Å². The van der Waals surface area contributed by atoms with Crippen LogP contribution in [0.25, 0.3) is 11.1 Å². The summed E-state index contributed by atoms with van der Waals surface area (Å²) in [7, 11) is 0. The number of hydrogen-bond donors (Lipinski definition) is 2. The maximum Gasteiger partial charge on any atom is 0.335 e. The van der Waals surface area contributed by atoms with Gasteiger partial charge in [-0.1, -0.05) is 23.7 Å². The van der Waals surface area contributed by atoms with E-state index in [9.17, 15) is 4.79 Å². The van der Waals surface area contributed by atoms with E-state index in [4.69, 9.17) is 22.4 Å². The third-order valence-corrected chi connectivity index (χ3v) is 3.19. The molecule has 0 aromatic heterocycles. The molecule has 2 rings (SSSR count). The van der Waals surface area contributed by atoms with Gasteiger partial charge in [0.2, 0.25) is 0 Å². The highest BCUT2D eigenvalue weighted by Gasteiger charge is 2.10. The van der Waals surface area contributed by atoms with Crippen molar-refractivity contribution in [2.45, 2.75) is 6.92 Å². The van der Waals surface area contributed by atoms with E-state index in [1.165, 1.54) is 6.07 Å². The number of hydrogen-bond acceptors (Lipinski definition) is 2. The molecule has 0 spiro atoms. The third-order valence-electron chi connectivity index (χ3n) is 2.78.